The Labute approximate surface area is 125 Å². The van der Waals surface area contributed by atoms with Crippen molar-refractivity contribution in [2.75, 3.05) is 12.3 Å². The summed E-state index contributed by atoms with van der Waals surface area (Å²) in [6, 6.07) is 5.82. The molecule has 0 aliphatic heterocycles. The van der Waals surface area contributed by atoms with Crippen molar-refractivity contribution in [3.63, 3.8) is 0 Å². The van der Waals surface area contributed by atoms with Crippen LogP contribution in [-0.2, 0) is 9.84 Å². The lowest BCUT2D eigenvalue weighted by atomic mass is 10.1. The summed E-state index contributed by atoms with van der Waals surface area (Å²) in [5.74, 6) is 2.40. The van der Waals surface area contributed by atoms with Crippen molar-refractivity contribution in [1.82, 2.24) is 5.32 Å². The summed E-state index contributed by atoms with van der Waals surface area (Å²) in [5.41, 5.74) is 5.32. The van der Waals surface area contributed by atoms with Crippen molar-refractivity contribution < 1.29 is 13.6 Å². The number of amidine groups is 1. The number of hydrogen-bond donors (Lipinski definition) is 3. The van der Waals surface area contributed by atoms with Crippen LogP contribution in [0.5, 0.6) is 0 Å². The zero-order chi connectivity index (χ0) is 16.1. The minimum absolute atomic E-state index is 0.0684. The summed E-state index contributed by atoms with van der Waals surface area (Å²) < 4.78 is 24.3. The van der Waals surface area contributed by atoms with E-state index in [2.05, 4.69) is 16.4 Å². The Morgan fingerprint density at radius 1 is 1.43 bits per heavy atom. The van der Waals surface area contributed by atoms with E-state index >= 15 is 0 Å². The Morgan fingerprint density at radius 3 is 2.48 bits per heavy atom. The number of benzene rings is 1. The number of terminal acetylenes is 1. The molecule has 7 heteroatoms. The summed E-state index contributed by atoms with van der Waals surface area (Å²) in [4.78, 5) is 0.178. The number of nitrogens with two attached hydrogens (primary N) is 1. The van der Waals surface area contributed by atoms with Gasteiger partial charge in [0.15, 0.2) is 15.7 Å². The average molecular weight is 309 g/mol. The van der Waals surface area contributed by atoms with Gasteiger partial charge >= 0.3 is 0 Å². The van der Waals surface area contributed by atoms with Crippen molar-refractivity contribution in [3.05, 3.63) is 29.8 Å². The second-order valence-corrected chi connectivity index (χ2v) is 7.13. The molecule has 6 nitrogen and oxygen atoms in total. The van der Waals surface area contributed by atoms with Gasteiger partial charge in [0.2, 0.25) is 0 Å². The highest BCUT2D eigenvalue weighted by molar-refractivity contribution is 7.91. The van der Waals surface area contributed by atoms with Crippen molar-refractivity contribution in [3.8, 4) is 12.3 Å². The first-order valence-electron chi connectivity index (χ1n) is 6.25. The minimum atomic E-state index is -3.41. The molecule has 0 aromatic heterocycles. The van der Waals surface area contributed by atoms with E-state index in [1.165, 1.54) is 24.3 Å². The third-order valence-electron chi connectivity index (χ3n) is 2.92. The molecule has 0 aliphatic rings. The monoisotopic (exact) mass is 309 g/mol. The molecule has 0 aliphatic carbocycles. The number of sulfone groups is 1. The third-order valence-corrected chi connectivity index (χ3v) is 4.65. The standard InChI is InChI=1S/C14H19N3O3S/c1-4-14(2,3)16-9-10-21(19,20)12-7-5-11(6-8-12)13(15)17-18/h1,5-8,16,18H,9-10H2,2-3H3,(H2,15,17). The summed E-state index contributed by atoms with van der Waals surface area (Å²) >= 11 is 0. The fraction of sp³-hybridized carbons (Fsp3) is 0.357. The van der Waals surface area contributed by atoms with E-state index in [1.54, 1.807) is 13.8 Å². The molecular weight excluding hydrogens is 290 g/mol. The van der Waals surface area contributed by atoms with Crippen LogP contribution in [0.25, 0.3) is 0 Å². The van der Waals surface area contributed by atoms with E-state index in [0.29, 0.717) is 5.56 Å². The molecule has 0 fully saturated rings. The molecule has 1 aromatic rings. The van der Waals surface area contributed by atoms with Crippen LogP contribution in [0.1, 0.15) is 19.4 Å². The Bertz CT molecular complexity index is 656. The van der Waals surface area contributed by atoms with E-state index < -0.39 is 15.4 Å². The van der Waals surface area contributed by atoms with Gasteiger partial charge in [-0.2, -0.15) is 0 Å². The quantitative estimate of drug-likeness (QED) is 0.234. The number of oxime groups is 1. The molecule has 114 valence electrons. The zero-order valence-electron chi connectivity index (χ0n) is 12.0. The molecule has 4 N–H and O–H groups in total. The van der Waals surface area contributed by atoms with E-state index in [9.17, 15) is 8.42 Å². The minimum Gasteiger partial charge on any atom is -0.409 e. The molecule has 0 saturated carbocycles. The van der Waals surface area contributed by atoms with Crippen LogP contribution in [0.15, 0.2) is 34.3 Å². The molecule has 21 heavy (non-hydrogen) atoms. The highest BCUT2D eigenvalue weighted by atomic mass is 32.2. The maximum atomic E-state index is 12.2. The molecule has 1 rings (SSSR count). The van der Waals surface area contributed by atoms with Crippen LogP contribution in [0.2, 0.25) is 0 Å². The summed E-state index contributed by atoms with van der Waals surface area (Å²) in [7, 11) is -3.41. The fourth-order valence-electron chi connectivity index (χ4n) is 1.56. The fourth-order valence-corrected chi connectivity index (χ4v) is 2.71. The van der Waals surface area contributed by atoms with Crippen molar-refractivity contribution in [1.29, 1.82) is 0 Å². The predicted octanol–water partition coefficient (Wildman–Crippen LogP) is 0.556. The second-order valence-electron chi connectivity index (χ2n) is 5.02. The maximum Gasteiger partial charge on any atom is 0.179 e. The van der Waals surface area contributed by atoms with Crippen molar-refractivity contribution in [2.45, 2.75) is 24.3 Å². The Hall–Kier alpha value is -2.04. The van der Waals surface area contributed by atoms with Gasteiger partial charge in [-0.15, -0.1) is 6.42 Å². The Balaban J connectivity index is 2.78. The first-order valence-corrected chi connectivity index (χ1v) is 7.90. The molecule has 0 unspecified atom stereocenters. The molecule has 0 heterocycles. The van der Waals surface area contributed by atoms with Gasteiger partial charge < -0.3 is 16.3 Å². The lowest BCUT2D eigenvalue weighted by Crippen LogP contribution is -2.40. The average Bonchev–Trinajstić information content (AvgIpc) is 2.46. The van der Waals surface area contributed by atoms with E-state index in [0.717, 1.165) is 0 Å². The van der Waals surface area contributed by atoms with Gasteiger partial charge in [0.1, 0.15) is 0 Å². The SMILES string of the molecule is C#CC(C)(C)NCCS(=O)(=O)c1ccc(/C(N)=N/O)cc1. The van der Waals surface area contributed by atoms with Crippen LogP contribution in [0.3, 0.4) is 0 Å². The number of hydrogen-bond acceptors (Lipinski definition) is 5. The van der Waals surface area contributed by atoms with Crippen molar-refractivity contribution >= 4 is 15.7 Å². The first-order chi connectivity index (χ1) is 9.72. The first kappa shape index (κ1) is 17.0. The zero-order valence-corrected chi connectivity index (χ0v) is 12.8. The molecule has 0 radical (unpaired) electrons. The lowest BCUT2D eigenvalue weighted by Gasteiger charge is -2.19. The van der Waals surface area contributed by atoms with Gasteiger partial charge in [-0.05, 0) is 38.1 Å². The second kappa shape index (κ2) is 6.61. The number of rotatable bonds is 6. The number of nitrogens with one attached hydrogen (secondary N) is 1. The summed E-state index contributed by atoms with van der Waals surface area (Å²) in [5, 5.41) is 14.4. The molecule has 0 atom stereocenters. The van der Waals surface area contributed by atoms with Gasteiger partial charge in [-0.25, -0.2) is 8.42 Å². The molecule has 0 amide bonds. The van der Waals surface area contributed by atoms with Crippen molar-refractivity contribution in [2.24, 2.45) is 10.9 Å². The Kier molecular flexibility index (Phi) is 5.35. The predicted molar refractivity (Wildman–Crippen MR) is 81.9 cm³/mol. The van der Waals surface area contributed by atoms with E-state index in [4.69, 9.17) is 17.4 Å². The van der Waals surface area contributed by atoms with Gasteiger partial charge in [0, 0.05) is 12.1 Å². The topological polar surface area (TPSA) is 105 Å². The van der Waals surface area contributed by atoms with Crippen LogP contribution in [0.4, 0.5) is 0 Å². The maximum absolute atomic E-state index is 12.2. The molecule has 0 bridgehead atoms. The molecule has 0 spiro atoms. The third kappa shape index (κ3) is 4.77. The Morgan fingerprint density at radius 2 is 2.00 bits per heavy atom. The number of nitrogens with zero attached hydrogens (tertiary/aromatic N) is 1. The van der Waals surface area contributed by atoms with Gasteiger partial charge in [0.25, 0.3) is 0 Å². The van der Waals surface area contributed by atoms with Crippen LogP contribution in [-0.4, -0.2) is 37.3 Å². The van der Waals surface area contributed by atoms with E-state index in [-0.39, 0.29) is 23.0 Å². The van der Waals surface area contributed by atoms with Gasteiger partial charge in [0.05, 0.1) is 16.2 Å². The van der Waals surface area contributed by atoms with Gasteiger partial charge in [-0.1, -0.05) is 11.1 Å². The lowest BCUT2D eigenvalue weighted by molar-refractivity contribution is 0.318. The van der Waals surface area contributed by atoms with Crippen LogP contribution >= 0.6 is 0 Å². The largest absolute Gasteiger partial charge is 0.409 e. The molecule has 0 saturated heterocycles. The summed E-state index contributed by atoms with van der Waals surface area (Å²) in [6.45, 7) is 3.85. The van der Waals surface area contributed by atoms with Gasteiger partial charge in [-0.3, -0.25) is 0 Å². The highest BCUT2D eigenvalue weighted by Gasteiger charge is 2.17. The van der Waals surface area contributed by atoms with Crippen LogP contribution in [0, 0.1) is 12.3 Å². The van der Waals surface area contributed by atoms with E-state index in [1.807, 2.05) is 0 Å². The summed E-state index contributed by atoms with van der Waals surface area (Å²) in [6.07, 6.45) is 5.32. The van der Waals surface area contributed by atoms with Crippen LogP contribution < -0.4 is 11.1 Å². The molecule has 1 aromatic carbocycles. The normalized spacial score (nSPS) is 12.9. The molecular formula is C14H19N3O3S. The highest BCUT2D eigenvalue weighted by Crippen LogP contribution is 2.12. The smallest absolute Gasteiger partial charge is 0.179 e.